The predicted molar refractivity (Wildman–Crippen MR) is 145 cm³/mol. The lowest BCUT2D eigenvalue weighted by molar-refractivity contribution is -0.158. The van der Waals surface area contributed by atoms with Gasteiger partial charge in [0.2, 0.25) is 11.8 Å². The number of carbonyl (C=O) groups excluding carboxylic acids is 3. The van der Waals surface area contributed by atoms with E-state index in [0.717, 1.165) is 15.8 Å². The van der Waals surface area contributed by atoms with Crippen LogP contribution in [0.5, 0.6) is 11.5 Å². The lowest BCUT2D eigenvalue weighted by atomic mass is 9.99. The van der Waals surface area contributed by atoms with Crippen LogP contribution in [0, 0.1) is 0 Å². The third kappa shape index (κ3) is 4.79. The summed E-state index contributed by atoms with van der Waals surface area (Å²) in [6.45, 7) is 4.08. The van der Waals surface area contributed by atoms with E-state index in [-0.39, 0.29) is 61.4 Å². The van der Waals surface area contributed by atoms with Gasteiger partial charge in [-0.15, -0.1) is 0 Å². The van der Waals surface area contributed by atoms with Crippen molar-refractivity contribution >= 4 is 44.5 Å². The molecule has 5 rings (SSSR count). The van der Waals surface area contributed by atoms with Crippen LogP contribution in [0.2, 0.25) is 0 Å². The Morgan fingerprint density at radius 2 is 2.00 bits per heavy atom. The van der Waals surface area contributed by atoms with Crippen LogP contribution in [-0.2, 0) is 22.6 Å². The normalized spacial score (nSPS) is 19.7. The first-order valence-corrected chi connectivity index (χ1v) is 13.4. The number of phenols is 2. The number of thiazole rings is 1. The van der Waals surface area contributed by atoms with Crippen LogP contribution in [-0.4, -0.2) is 91.2 Å². The number of hydrazine groups is 1. The molecule has 2 aliphatic rings. The zero-order chi connectivity index (χ0) is 28.0. The van der Waals surface area contributed by atoms with Crippen LogP contribution < -0.4 is 11.1 Å². The molecule has 2 fully saturated rings. The van der Waals surface area contributed by atoms with Crippen molar-refractivity contribution in [3.8, 4) is 11.5 Å². The predicted octanol–water partition coefficient (Wildman–Crippen LogP) is 1.68. The molecule has 39 heavy (non-hydrogen) atoms. The van der Waals surface area contributed by atoms with E-state index >= 15 is 0 Å². The summed E-state index contributed by atoms with van der Waals surface area (Å²) in [6, 6.07) is 8.58. The number of aromatic nitrogens is 1. The standard InChI is InChI=1S/C26H31N7O5S/c1-14(2)33(26(38)28-3)31-13-22(36)32-17(9-15-7-8-18(34)19(35)10-15)24(37)30(12-21(31)32)11-16-5-4-6-20-23(16)29-25(27)39-20/h4-8,10,14,17,21,34-35H,9,11-13H2,1-3H3,(H2,27,29)(H,28,38)/t17-,21+/m0/s1. The number of benzene rings is 2. The number of hydrogen-bond acceptors (Lipinski definition) is 9. The van der Waals surface area contributed by atoms with Gasteiger partial charge in [-0.1, -0.05) is 29.5 Å². The molecule has 1 aromatic heterocycles. The van der Waals surface area contributed by atoms with Gasteiger partial charge < -0.3 is 31.1 Å². The number of nitrogens with one attached hydrogen (secondary N) is 1. The minimum absolute atomic E-state index is 0.0626. The lowest BCUT2D eigenvalue weighted by Gasteiger charge is -2.47. The second-order valence-electron chi connectivity index (χ2n) is 9.95. The number of amides is 4. The highest BCUT2D eigenvalue weighted by atomic mass is 32.1. The van der Waals surface area contributed by atoms with Gasteiger partial charge in [0.1, 0.15) is 12.2 Å². The SMILES string of the molecule is CNC(=O)N(C(C)C)N1CC(=O)N2[C@@H](Cc3ccc(O)c(O)c3)C(=O)N(Cc3cccc4sc(N)nc34)C[C@@H]21. The number of nitrogens with zero attached hydrogens (tertiary/aromatic N) is 5. The van der Waals surface area contributed by atoms with Gasteiger partial charge in [0, 0.05) is 26.1 Å². The number of phenolic OH excluding ortho intramolecular Hbond substituents is 2. The van der Waals surface area contributed by atoms with Crippen molar-refractivity contribution in [3.05, 3.63) is 47.5 Å². The van der Waals surface area contributed by atoms with Crippen molar-refractivity contribution in [2.24, 2.45) is 0 Å². The highest BCUT2D eigenvalue weighted by molar-refractivity contribution is 7.22. The van der Waals surface area contributed by atoms with Gasteiger partial charge in [0.05, 0.1) is 23.3 Å². The third-order valence-corrected chi connectivity index (χ3v) is 7.95. The van der Waals surface area contributed by atoms with Crippen LogP contribution in [0.15, 0.2) is 36.4 Å². The molecular weight excluding hydrogens is 522 g/mol. The Balaban J connectivity index is 1.54. The number of urea groups is 1. The van der Waals surface area contributed by atoms with Crippen LogP contribution in [0.1, 0.15) is 25.0 Å². The third-order valence-electron chi connectivity index (χ3n) is 7.10. The Labute approximate surface area is 229 Å². The number of aromatic hydroxyl groups is 2. The van der Waals surface area contributed by atoms with Gasteiger partial charge in [-0.05, 0) is 43.2 Å². The van der Waals surface area contributed by atoms with E-state index in [1.807, 2.05) is 32.0 Å². The molecule has 0 aliphatic carbocycles. The van der Waals surface area contributed by atoms with Gasteiger partial charge >= 0.3 is 6.03 Å². The Hall–Kier alpha value is -4.10. The second-order valence-corrected chi connectivity index (χ2v) is 11.0. The molecule has 206 valence electrons. The van der Waals surface area contributed by atoms with Gasteiger partial charge in [-0.2, -0.15) is 5.01 Å². The fourth-order valence-electron chi connectivity index (χ4n) is 5.40. The van der Waals surface area contributed by atoms with Crippen molar-refractivity contribution in [2.45, 2.75) is 45.1 Å². The lowest BCUT2D eigenvalue weighted by Crippen LogP contribution is -2.66. The van der Waals surface area contributed by atoms with E-state index in [9.17, 15) is 24.6 Å². The summed E-state index contributed by atoms with van der Waals surface area (Å²) >= 11 is 1.37. The van der Waals surface area contributed by atoms with Crippen molar-refractivity contribution in [1.82, 2.24) is 30.1 Å². The van der Waals surface area contributed by atoms with Crippen molar-refractivity contribution < 1.29 is 24.6 Å². The summed E-state index contributed by atoms with van der Waals surface area (Å²) in [5.41, 5.74) is 8.08. The molecule has 0 spiro atoms. The van der Waals surface area contributed by atoms with Crippen LogP contribution in [0.3, 0.4) is 0 Å². The maximum Gasteiger partial charge on any atom is 0.331 e. The number of carbonyl (C=O) groups is 3. The molecule has 4 amide bonds. The van der Waals surface area contributed by atoms with Crippen LogP contribution >= 0.6 is 11.3 Å². The van der Waals surface area contributed by atoms with E-state index in [0.29, 0.717) is 10.7 Å². The molecule has 2 aliphatic heterocycles. The molecule has 2 atom stereocenters. The second kappa shape index (κ2) is 10.2. The molecule has 0 bridgehead atoms. The van der Waals surface area contributed by atoms with E-state index in [2.05, 4.69) is 10.3 Å². The molecule has 2 saturated heterocycles. The molecule has 3 heterocycles. The molecule has 3 aromatic rings. The minimum Gasteiger partial charge on any atom is -0.504 e. The van der Waals surface area contributed by atoms with E-state index in [4.69, 9.17) is 5.73 Å². The Bertz CT molecular complexity index is 1440. The molecule has 12 nitrogen and oxygen atoms in total. The average Bonchev–Trinajstić information content (AvgIpc) is 3.43. The van der Waals surface area contributed by atoms with E-state index in [1.165, 1.54) is 35.5 Å². The zero-order valence-corrected chi connectivity index (χ0v) is 22.7. The summed E-state index contributed by atoms with van der Waals surface area (Å²) in [7, 11) is 1.53. The average molecular weight is 554 g/mol. The highest BCUT2D eigenvalue weighted by Crippen LogP contribution is 2.34. The number of nitrogens with two attached hydrogens (primary N) is 1. The summed E-state index contributed by atoms with van der Waals surface area (Å²) in [5, 5.41) is 26.1. The molecule has 5 N–H and O–H groups in total. The van der Waals surface area contributed by atoms with Crippen LogP contribution in [0.25, 0.3) is 10.2 Å². The first kappa shape index (κ1) is 26.5. The largest absolute Gasteiger partial charge is 0.504 e. The summed E-state index contributed by atoms with van der Waals surface area (Å²) in [5.74, 6) is -1.11. The van der Waals surface area contributed by atoms with Crippen LogP contribution in [0.4, 0.5) is 9.93 Å². The number of anilines is 1. The number of para-hydroxylation sites is 1. The fourth-order valence-corrected chi connectivity index (χ4v) is 6.18. The quantitative estimate of drug-likeness (QED) is 0.336. The number of hydrogen-bond donors (Lipinski definition) is 4. The molecule has 13 heteroatoms. The molecule has 2 aromatic carbocycles. The molecular formula is C26H31N7O5S. The smallest absolute Gasteiger partial charge is 0.331 e. The zero-order valence-electron chi connectivity index (χ0n) is 21.9. The fraction of sp³-hybridized carbons (Fsp3) is 0.385. The summed E-state index contributed by atoms with van der Waals surface area (Å²) in [6.07, 6.45) is -0.473. The van der Waals surface area contributed by atoms with Gasteiger partial charge in [0.25, 0.3) is 0 Å². The minimum atomic E-state index is -0.886. The maximum atomic E-state index is 14.0. The number of rotatable bonds is 6. The van der Waals surface area contributed by atoms with Crippen molar-refractivity contribution in [2.75, 3.05) is 25.9 Å². The molecule has 0 unspecified atom stereocenters. The number of fused-ring (bicyclic) bond motifs is 2. The molecule has 0 saturated carbocycles. The first-order valence-electron chi connectivity index (χ1n) is 12.6. The highest BCUT2D eigenvalue weighted by Gasteiger charge is 2.52. The van der Waals surface area contributed by atoms with Gasteiger partial charge in [-0.25, -0.2) is 9.78 Å². The van der Waals surface area contributed by atoms with E-state index in [1.54, 1.807) is 20.9 Å². The van der Waals surface area contributed by atoms with E-state index < -0.39 is 12.2 Å². The Morgan fingerprint density at radius 1 is 1.23 bits per heavy atom. The van der Waals surface area contributed by atoms with Gasteiger partial charge in [0.15, 0.2) is 16.6 Å². The summed E-state index contributed by atoms with van der Waals surface area (Å²) < 4.78 is 0.912. The Kier molecular flexibility index (Phi) is 6.95. The first-order chi connectivity index (χ1) is 18.6. The molecule has 0 radical (unpaired) electrons. The summed E-state index contributed by atoms with van der Waals surface area (Å²) in [4.78, 5) is 47.9. The Morgan fingerprint density at radius 3 is 2.69 bits per heavy atom. The maximum absolute atomic E-state index is 14.0. The number of nitrogen functional groups attached to an aromatic ring is 1. The monoisotopic (exact) mass is 553 g/mol. The van der Waals surface area contributed by atoms with Gasteiger partial charge in [-0.3, -0.25) is 14.6 Å². The topological polar surface area (TPSA) is 156 Å². The van der Waals surface area contributed by atoms with Crippen molar-refractivity contribution in [1.29, 1.82) is 0 Å². The number of piperazine rings is 1. The van der Waals surface area contributed by atoms with Crippen molar-refractivity contribution in [3.63, 3.8) is 0 Å².